The molecule has 0 saturated carbocycles. The Labute approximate surface area is 116 Å². The molecule has 0 saturated heterocycles. The van der Waals surface area contributed by atoms with Gasteiger partial charge in [-0.1, -0.05) is 39.3 Å². The predicted octanol–water partition coefficient (Wildman–Crippen LogP) is 3.58. The Morgan fingerprint density at radius 2 is 1.95 bits per heavy atom. The van der Waals surface area contributed by atoms with E-state index in [1.54, 1.807) is 12.1 Å². The molecular weight excluding hydrogens is 239 g/mol. The first kappa shape index (κ1) is 16.1. The molecule has 0 bridgehead atoms. The molecule has 0 heterocycles. The first-order valence-electron chi connectivity index (χ1n) is 7.20. The van der Waals surface area contributed by atoms with Crippen molar-refractivity contribution in [2.24, 2.45) is 11.7 Å². The summed E-state index contributed by atoms with van der Waals surface area (Å²) < 4.78 is 13.4. The van der Waals surface area contributed by atoms with Crippen molar-refractivity contribution in [2.75, 3.05) is 13.6 Å². The van der Waals surface area contributed by atoms with Gasteiger partial charge < -0.3 is 5.73 Å². The number of benzene rings is 1. The average molecular weight is 266 g/mol. The van der Waals surface area contributed by atoms with Crippen molar-refractivity contribution in [3.05, 3.63) is 35.6 Å². The van der Waals surface area contributed by atoms with Crippen LogP contribution < -0.4 is 5.73 Å². The number of hydrogen-bond acceptors (Lipinski definition) is 2. The van der Waals surface area contributed by atoms with E-state index in [1.165, 1.54) is 6.07 Å². The molecule has 3 heteroatoms. The quantitative estimate of drug-likeness (QED) is 0.817. The van der Waals surface area contributed by atoms with Crippen LogP contribution in [0, 0.1) is 11.7 Å². The molecule has 0 radical (unpaired) electrons. The smallest absolute Gasteiger partial charge is 0.123 e. The highest BCUT2D eigenvalue weighted by molar-refractivity contribution is 5.21. The molecule has 1 aromatic rings. The minimum absolute atomic E-state index is 0.0239. The van der Waals surface area contributed by atoms with Crippen molar-refractivity contribution in [3.8, 4) is 0 Å². The second-order valence-electron chi connectivity index (χ2n) is 5.52. The van der Waals surface area contributed by atoms with Crippen molar-refractivity contribution < 1.29 is 4.39 Å². The van der Waals surface area contributed by atoms with Gasteiger partial charge in [-0.3, -0.25) is 4.90 Å². The van der Waals surface area contributed by atoms with Crippen molar-refractivity contribution in [2.45, 2.75) is 45.7 Å². The maximum atomic E-state index is 13.4. The summed E-state index contributed by atoms with van der Waals surface area (Å²) in [4.78, 5) is 2.26. The highest BCUT2D eigenvalue weighted by Gasteiger charge is 2.24. The number of nitrogens with two attached hydrogens (primary N) is 1. The third-order valence-corrected chi connectivity index (χ3v) is 3.84. The van der Waals surface area contributed by atoms with E-state index in [1.807, 2.05) is 6.07 Å². The number of hydrogen-bond donors (Lipinski definition) is 1. The van der Waals surface area contributed by atoms with Gasteiger partial charge in [-0.25, -0.2) is 4.39 Å². The molecular formula is C16H27FN2. The molecule has 0 aromatic heterocycles. The van der Waals surface area contributed by atoms with Crippen molar-refractivity contribution in [3.63, 3.8) is 0 Å². The minimum Gasteiger partial charge on any atom is -0.326 e. The number of likely N-dealkylation sites (N-methyl/N-ethyl adjacent to an activating group) is 1. The van der Waals surface area contributed by atoms with E-state index in [2.05, 4.69) is 32.7 Å². The summed E-state index contributed by atoms with van der Waals surface area (Å²) in [7, 11) is 2.08. The Bertz CT molecular complexity index is 381. The van der Waals surface area contributed by atoms with E-state index in [0.29, 0.717) is 5.92 Å². The van der Waals surface area contributed by atoms with Crippen LogP contribution in [-0.4, -0.2) is 24.5 Å². The Kier molecular flexibility index (Phi) is 6.46. The van der Waals surface area contributed by atoms with E-state index in [-0.39, 0.29) is 17.9 Å². The second kappa shape index (κ2) is 7.61. The summed E-state index contributed by atoms with van der Waals surface area (Å²) in [6.45, 7) is 7.48. The van der Waals surface area contributed by atoms with Gasteiger partial charge in [0, 0.05) is 18.6 Å². The molecule has 19 heavy (non-hydrogen) atoms. The zero-order chi connectivity index (χ0) is 14.4. The Hall–Kier alpha value is -0.930. The van der Waals surface area contributed by atoms with Crippen LogP contribution in [0.4, 0.5) is 4.39 Å². The standard InChI is InChI=1S/C16H27FN2/c1-5-12(3)11-19(4)16(15(18)6-2)13-8-7-9-14(17)10-13/h7-10,12,15-16H,5-6,11,18H2,1-4H3. The van der Waals surface area contributed by atoms with Gasteiger partial charge in [0.25, 0.3) is 0 Å². The van der Waals surface area contributed by atoms with Crippen molar-refractivity contribution >= 4 is 0 Å². The van der Waals surface area contributed by atoms with Crippen LogP contribution >= 0.6 is 0 Å². The highest BCUT2D eigenvalue weighted by Crippen LogP contribution is 2.25. The molecule has 108 valence electrons. The second-order valence-corrected chi connectivity index (χ2v) is 5.52. The lowest BCUT2D eigenvalue weighted by atomic mass is 9.95. The SMILES string of the molecule is CCC(C)CN(C)C(c1cccc(F)c1)C(N)CC. The molecule has 0 amide bonds. The summed E-state index contributed by atoms with van der Waals surface area (Å²) in [6.07, 6.45) is 2.02. The molecule has 0 aliphatic rings. The van der Waals surface area contributed by atoms with Crippen LogP contribution in [0.3, 0.4) is 0 Å². The maximum Gasteiger partial charge on any atom is 0.123 e. The molecule has 0 spiro atoms. The average Bonchev–Trinajstić information content (AvgIpc) is 2.38. The lowest BCUT2D eigenvalue weighted by Crippen LogP contribution is -2.40. The molecule has 1 aromatic carbocycles. The summed E-state index contributed by atoms with van der Waals surface area (Å²) >= 11 is 0. The molecule has 3 atom stereocenters. The largest absolute Gasteiger partial charge is 0.326 e. The van der Waals surface area contributed by atoms with Gasteiger partial charge in [0.05, 0.1) is 0 Å². The monoisotopic (exact) mass is 266 g/mol. The van der Waals surface area contributed by atoms with E-state index in [0.717, 1.165) is 24.9 Å². The molecule has 2 nitrogen and oxygen atoms in total. The topological polar surface area (TPSA) is 29.3 Å². The first-order chi connectivity index (χ1) is 8.99. The van der Waals surface area contributed by atoms with Crippen molar-refractivity contribution in [1.29, 1.82) is 0 Å². The zero-order valence-electron chi connectivity index (χ0n) is 12.6. The fourth-order valence-corrected chi connectivity index (χ4v) is 2.48. The van der Waals surface area contributed by atoms with Crippen LogP contribution in [0.25, 0.3) is 0 Å². The van der Waals surface area contributed by atoms with Crippen molar-refractivity contribution in [1.82, 2.24) is 4.90 Å². The summed E-state index contributed by atoms with van der Waals surface area (Å²) in [5.41, 5.74) is 7.23. The van der Waals surface area contributed by atoms with Crippen LogP contribution in [0.15, 0.2) is 24.3 Å². The third-order valence-electron chi connectivity index (χ3n) is 3.84. The van der Waals surface area contributed by atoms with E-state index in [4.69, 9.17) is 5.73 Å². The number of rotatable bonds is 7. The van der Waals surface area contributed by atoms with Crippen LogP contribution in [-0.2, 0) is 0 Å². The Morgan fingerprint density at radius 1 is 1.26 bits per heavy atom. The normalized spacial score (nSPS) is 16.4. The van der Waals surface area contributed by atoms with Gasteiger partial charge in [-0.05, 0) is 37.1 Å². The van der Waals surface area contributed by atoms with E-state index < -0.39 is 0 Å². The maximum absolute atomic E-state index is 13.4. The van der Waals surface area contributed by atoms with Gasteiger partial charge in [0.1, 0.15) is 5.82 Å². The first-order valence-corrected chi connectivity index (χ1v) is 7.20. The van der Waals surface area contributed by atoms with Gasteiger partial charge in [-0.15, -0.1) is 0 Å². The predicted molar refractivity (Wildman–Crippen MR) is 79.5 cm³/mol. The van der Waals surface area contributed by atoms with Gasteiger partial charge in [-0.2, -0.15) is 0 Å². The van der Waals surface area contributed by atoms with Crippen LogP contribution in [0.5, 0.6) is 0 Å². The van der Waals surface area contributed by atoms with E-state index in [9.17, 15) is 4.39 Å². The fraction of sp³-hybridized carbons (Fsp3) is 0.625. The molecule has 0 fully saturated rings. The van der Waals surface area contributed by atoms with Gasteiger partial charge in [0.15, 0.2) is 0 Å². The minimum atomic E-state index is -0.192. The molecule has 3 unspecified atom stereocenters. The Balaban J connectivity index is 2.94. The van der Waals surface area contributed by atoms with Gasteiger partial charge >= 0.3 is 0 Å². The van der Waals surface area contributed by atoms with Gasteiger partial charge in [0.2, 0.25) is 0 Å². The summed E-state index contributed by atoms with van der Waals surface area (Å²) in [6, 6.07) is 6.92. The molecule has 2 N–H and O–H groups in total. The molecule has 1 rings (SSSR count). The van der Waals surface area contributed by atoms with Crippen LogP contribution in [0.1, 0.15) is 45.2 Å². The summed E-state index contributed by atoms with van der Waals surface area (Å²) in [5.74, 6) is 0.424. The Morgan fingerprint density at radius 3 is 2.47 bits per heavy atom. The molecule has 0 aliphatic carbocycles. The third kappa shape index (κ3) is 4.59. The number of nitrogens with zero attached hydrogens (tertiary/aromatic N) is 1. The zero-order valence-corrected chi connectivity index (χ0v) is 12.6. The lowest BCUT2D eigenvalue weighted by molar-refractivity contribution is 0.182. The van der Waals surface area contributed by atoms with E-state index >= 15 is 0 Å². The number of halogens is 1. The highest BCUT2D eigenvalue weighted by atomic mass is 19.1. The molecule has 0 aliphatic heterocycles. The lowest BCUT2D eigenvalue weighted by Gasteiger charge is -2.34. The fourth-order valence-electron chi connectivity index (χ4n) is 2.48. The summed E-state index contributed by atoms with van der Waals surface area (Å²) in [5, 5.41) is 0. The van der Waals surface area contributed by atoms with Crippen LogP contribution in [0.2, 0.25) is 0 Å².